The van der Waals surface area contributed by atoms with E-state index in [4.69, 9.17) is 10.5 Å². The monoisotopic (exact) mass is 226 g/mol. The molecule has 6 heteroatoms. The Kier molecular flexibility index (Phi) is 4.21. The Morgan fingerprint density at radius 2 is 2.25 bits per heavy atom. The van der Waals surface area contributed by atoms with Crippen molar-refractivity contribution < 1.29 is 19.7 Å². The quantitative estimate of drug-likeness (QED) is 0.619. The number of amides is 1. The second-order valence-electron chi connectivity index (χ2n) is 3.31. The number of nitrogens with zero attached hydrogens (tertiary/aromatic N) is 1. The van der Waals surface area contributed by atoms with Crippen molar-refractivity contribution >= 4 is 5.91 Å². The lowest BCUT2D eigenvalue weighted by atomic mass is 10.1. The van der Waals surface area contributed by atoms with Crippen molar-refractivity contribution in [1.82, 2.24) is 4.98 Å². The van der Waals surface area contributed by atoms with Crippen LogP contribution in [0.15, 0.2) is 18.3 Å². The molecule has 0 aliphatic rings. The van der Waals surface area contributed by atoms with Gasteiger partial charge in [0.2, 0.25) is 5.91 Å². The van der Waals surface area contributed by atoms with E-state index in [2.05, 4.69) is 4.98 Å². The van der Waals surface area contributed by atoms with Crippen molar-refractivity contribution in [3.63, 3.8) is 0 Å². The average Bonchev–Trinajstić information content (AvgIpc) is 2.27. The van der Waals surface area contributed by atoms with E-state index in [1.807, 2.05) is 0 Å². The third kappa shape index (κ3) is 3.18. The third-order valence-electron chi connectivity index (χ3n) is 2.07. The molecule has 0 fully saturated rings. The molecule has 2 atom stereocenters. The van der Waals surface area contributed by atoms with Crippen molar-refractivity contribution in [2.75, 3.05) is 7.11 Å². The molecule has 0 saturated heterocycles. The first-order chi connectivity index (χ1) is 7.54. The maximum atomic E-state index is 10.6. The summed E-state index contributed by atoms with van der Waals surface area (Å²) >= 11 is 0. The summed E-state index contributed by atoms with van der Waals surface area (Å²) < 4.78 is 4.89. The summed E-state index contributed by atoms with van der Waals surface area (Å²) in [5.41, 5.74) is 5.16. The van der Waals surface area contributed by atoms with E-state index in [0.29, 0.717) is 5.75 Å². The molecule has 0 spiro atoms. The summed E-state index contributed by atoms with van der Waals surface area (Å²) in [5, 5.41) is 19.1. The van der Waals surface area contributed by atoms with Gasteiger partial charge in [-0.05, 0) is 12.1 Å². The number of aliphatic hydroxyl groups excluding tert-OH is 2. The molecular formula is C10H14N2O4. The van der Waals surface area contributed by atoms with Gasteiger partial charge >= 0.3 is 0 Å². The fraction of sp³-hybridized carbons (Fsp3) is 0.400. The number of rotatable bonds is 5. The molecule has 0 saturated carbocycles. The minimum Gasteiger partial charge on any atom is -0.495 e. The highest BCUT2D eigenvalue weighted by Crippen LogP contribution is 2.18. The zero-order valence-electron chi connectivity index (χ0n) is 8.83. The standard InChI is InChI=1S/C10H14N2O4/c1-16-6-2-3-7(12-5-6)10(15)8(13)4-9(11)14/h2-3,5,8,10,13,15H,4H2,1H3,(H2,11,14). The van der Waals surface area contributed by atoms with Gasteiger partial charge in [-0.25, -0.2) is 0 Å². The van der Waals surface area contributed by atoms with E-state index >= 15 is 0 Å². The zero-order chi connectivity index (χ0) is 12.1. The van der Waals surface area contributed by atoms with Gasteiger partial charge in [0, 0.05) is 0 Å². The maximum absolute atomic E-state index is 10.6. The van der Waals surface area contributed by atoms with Crippen molar-refractivity contribution in [1.29, 1.82) is 0 Å². The van der Waals surface area contributed by atoms with Crippen LogP contribution in [0.3, 0.4) is 0 Å². The Bertz CT molecular complexity index is 352. The van der Waals surface area contributed by atoms with Crippen LogP contribution in [0.4, 0.5) is 0 Å². The van der Waals surface area contributed by atoms with Crippen molar-refractivity contribution in [3.05, 3.63) is 24.0 Å². The van der Waals surface area contributed by atoms with Crippen LogP contribution in [0.1, 0.15) is 18.2 Å². The molecule has 4 N–H and O–H groups in total. The third-order valence-corrected chi connectivity index (χ3v) is 2.07. The van der Waals surface area contributed by atoms with Crippen molar-refractivity contribution in [2.24, 2.45) is 5.73 Å². The topological polar surface area (TPSA) is 106 Å². The molecule has 1 aromatic rings. The number of hydrogen-bond acceptors (Lipinski definition) is 5. The number of hydrogen-bond donors (Lipinski definition) is 3. The molecule has 6 nitrogen and oxygen atoms in total. The first-order valence-corrected chi connectivity index (χ1v) is 4.69. The predicted octanol–water partition coefficient (Wildman–Crippen LogP) is -0.640. The number of nitrogens with two attached hydrogens (primary N) is 1. The first-order valence-electron chi connectivity index (χ1n) is 4.69. The fourth-order valence-electron chi connectivity index (χ4n) is 1.20. The smallest absolute Gasteiger partial charge is 0.220 e. The Balaban J connectivity index is 2.71. The van der Waals surface area contributed by atoms with Crippen molar-refractivity contribution in [3.8, 4) is 5.75 Å². The summed E-state index contributed by atoms with van der Waals surface area (Å²) in [7, 11) is 1.50. The molecule has 0 bridgehead atoms. The van der Waals surface area contributed by atoms with Crippen LogP contribution in [-0.2, 0) is 4.79 Å². The van der Waals surface area contributed by atoms with Crippen molar-refractivity contribution in [2.45, 2.75) is 18.6 Å². The van der Waals surface area contributed by atoms with Gasteiger partial charge in [0.15, 0.2) is 0 Å². The van der Waals surface area contributed by atoms with E-state index in [1.165, 1.54) is 19.4 Å². The normalized spacial score (nSPS) is 14.2. The lowest BCUT2D eigenvalue weighted by Gasteiger charge is -2.15. The van der Waals surface area contributed by atoms with Crippen LogP contribution in [0.2, 0.25) is 0 Å². The van der Waals surface area contributed by atoms with Crippen LogP contribution in [-0.4, -0.2) is 34.3 Å². The van der Waals surface area contributed by atoms with E-state index in [9.17, 15) is 15.0 Å². The van der Waals surface area contributed by atoms with E-state index < -0.39 is 18.1 Å². The SMILES string of the molecule is COc1ccc(C(O)C(O)CC(N)=O)nc1. The Morgan fingerprint density at radius 3 is 2.69 bits per heavy atom. The highest BCUT2D eigenvalue weighted by atomic mass is 16.5. The van der Waals surface area contributed by atoms with E-state index in [1.54, 1.807) is 6.07 Å². The number of aliphatic hydroxyl groups is 2. The lowest BCUT2D eigenvalue weighted by Crippen LogP contribution is -2.26. The summed E-state index contributed by atoms with van der Waals surface area (Å²) in [6.07, 6.45) is -1.39. The van der Waals surface area contributed by atoms with E-state index in [-0.39, 0.29) is 12.1 Å². The second-order valence-corrected chi connectivity index (χ2v) is 3.31. The molecule has 1 rings (SSSR count). The Morgan fingerprint density at radius 1 is 1.56 bits per heavy atom. The molecule has 1 heterocycles. The number of methoxy groups -OCH3 is 1. The molecule has 16 heavy (non-hydrogen) atoms. The van der Waals surface area contributed by atoms with Gasteiger partial charge in [0.1, 0.15) is 11.9 Å². The first kappa shape index (κ1) is 12.4. The number of carbonyl (C=O) groups excluding carboxylic acids is 1. The Labute approximate surface area is 92.7 Å². The average molecular weight is 226 g/mol. The van der Waals surface area contributed by atoms with Gasteiger partial charge in [-0.1, -0.05) is 0 Å². The Hall–Kier alpha value is -1.66. The zero-order valence-corrected chi connectivity index (χ0v) is 8.83. The molecule has 88 valence electrons. The minimum absolute atomic E-state index is 0.259. The number of aromatic nitrogens is 1. The van der Waals surface area contributed by atoms with Crippen LogP contribution < -0.4 is 10.5 Å². The highest BCUT2D eigenvalue weighted by Gasteiger charge is 2.21. The highest BCUT2D eigenvalue weighted by molar-refractivity contribution is 5.74. The lowest BCUT2D eigenvalue weighted by molar-refractivity contribution is -0.121. The summed E-state index contributed by atoms with van der Waals surface area (Å²) in [6, 6.07) is 3.11. The van der Waals surface area contributed by atoms with Crippen LogP contribution >= 0.6 is 0 Å². The molecule has 2 unspecified atom stereocenters. The molecule has 0 aromatic carbocycles. The molecular weight excluding hydrogens is 212 g/mol. The molecule has 0 radical (unpaired) electrons. The van der Waals surface area contributed by atoms with E-state index in [0.717, 1.165) is 0 Å². The van der Waals surface area contributed by atoms with Gasteiger partial charge in [-0.15, -0.1) is 0 Å². The number of carbonyl (C=O) groups is 1. The van der Waals surface area contributed by atoms with Gasteiger partial charge in [-0.3, -0.25) is 9.78 Å². The maximum Gasteiger partial charge on any atom is 0.220 e. The predicted molar refractivity (Wildman–Crippen MR) is 55.6 cm³/mol. The summed E-state index contributed by atoms with van der Waals surface area (Å²) in [5.74, 6) is -0.139. The van der Waals surface area contributed by atoms with Gasteiger partial charge in [0.05, 0.1) is 31.5 Å². The molecule has 1 aromatic heterocycles. The summed E-state index contributed by atoms with van der Waals surface area (Å²) in [6.45, 7) is 0. The molecule has 0 aliphatic heterocycles. The number of ether oxygens (including phenoxy) is 1. The van der Waals surface area contributed by atoms with Crippen LogP contribution in [0.25, 0.3) is 0 Å². The minimum atomic E-state index is -1.25. The summed E-state index contributed by atoms with van der Waals surface area (Å²) in [4.78, 5) is 14.4. The number of pyridine rings is 1. The fourth-order valence-corrected chi connectivity index (χ4v) is 1.20. The van der Waals surface area contributed by atoms with Gasteiger partial charge in [0.25, 0.3) is 0 Å². The van der Waals surface area contributed by atoms with Gasteiger partial charge in [-0.2, -0.15) is 0 Å². The second kappa shape index (κ2) is 5.43. The van der Waals surface area contributed by atoms with Crippen LogP contribution in [0.5, 0.6) is 5.75 Å². The van der Waals surface area contributed by atoms with Gasteiger partial charge < -0.3 is 20.7 Å². The van der Waals surface area contributed by atoms with Crippen LogP contribution in [0, 0.1) is 0 Å². The molecule has 0 aliphatic carbocycles. The molecule has 1 amide bonds. The largest absolute Gasteiger partial charge is 0.495 e. The number of primary amides is 1.